The normalized spacial score (nSPS) is 27.6. The molecule has 2 aliphatic rings. The van der Waals surface area contributed by atoms with E-state index in [0.717, 1.165) is 45.1 Å². The van der Waals surface area contributed by atoms with Crippen LogP contribution >= 0.6 is 0 Å². The van der Waals surface area contributed by atoms with Gasteiger partial charge >= 0.3 is 0 Å². The van der Waals surface area contributed by atoms with E-state index >= 15 is 0 Å². The molecule has 4 heteroatoms. The van der Waals surface area contributed by atoms with E-state index in [9.17, 15) is 4.79 Å². The average Bonchev–Trinajstić information content (AvgIpc) is 2.90. The number of rotatable bonds is 3. The molecule has 0 aromatic rings. The predicted molar refractivity (Wildman–Crippen MR) is 58.5 cm³/mol. The average molecular weight is 222 g/mol. The van der Waals surface area contributed by atoms with Gasteiger partial charge in [-0.05, 0) is 38.5 Å². The Bertz CT molecular complexity index is 297. The highest BCUT2D eigenvalue weighted by atomic mass is 16.5. The first-order valence-electron chi connectivity index (χ1n) is 6.08. The molecule has 2 fully saturated rings. The van der Waals surface area contributed by atoms with Gasteiger partial charge in [-0.2, -0.15) is 5.26 Å². The molecule has 1 aliphatic carbocycles. The lowest BCUT2D eigenvalue weighted by molar-refractivity contribution is -0.124. The molecule has 1 heterocycles. The molecule has 1 N–H and O–H groups in total. The molecule has 1 saturated heterocycles. The van der Waals surface area contributed by atoms with Crippen molar-refractivity contribution in [1.29, 1.82) is 5.26 Å². The lowest BCUT2D eigenvalue weighted by atomic mass is 9.99. The molecule has 0 bridgehead atoms. The summed E-state index contributed by atoms with van der Waals surface area (Å²) in [6, 6.07) is 2.26. The van der Waals surface area contributed by atoms with Crippen molar-refractivity contribution in [3.8, 4) is 6.07 Å². The number of hydrogen-bond acceptors (Lipinski definition) is 3. The van der Waals surface area contributed by atoms with E-state index in [-0.39, 0.29) is 12.0 Å². The summed E-state index contributed by atoms with van der Waals surface area (Å²) in [5, 5.41) is 12.0. The number of nitrogens with one attached hydrogen (secondary N) is 1. The van der Waals surface area contributed by atoms with Gasteiger partial charge in [0.2, 0.25) is 5.91 Å². The van der Waals surface area contributed by atoms with Crippen molar-refractivity contribution < 1.29 is 9.53 Å². The van der Waals surface area contributed by atoms with E-state index in [2.05, 4.69) is 11.4 Å². The van der Waals surface area contributed by atoms with Crippen LogP contribution in [0.2, 0.25) is 0 Å². The molecule has 1 saturated carbocycles. The second-order valence-electron chi connectivity index (χ2n) is 4.79. The minimum absolute atomic E-state index is 0.0321. The largest absolute Gasteiger partial charge is 0.378 e. The van der Waals surface area contributed by atoms with Crippen LogP contribution in [0, 0.1) is 11.3 Å². The first kappa shape index (κ1) is 11.4. The van der Waals surface area contributed by atoms with Crippen molar-refractivity contribution in [1.82, 2.24) is 5.32 Å². The maximum atomic E-state index is 11.8. The van der Waals surface area contributed by atoms with Gasteiger partial charge < -0.3 is 10.1 Å². The zero-order valence-electron chi connectivity index (χ0n) is 9.50. The van der Waals surface area contributed by atoms with Gasteiger partial charge in [-0.1, -0.05) is 0 Å². The number of ether oxygens (including phenoxy) is 1. The number of carbonyl (C=O) groups excluding carboxylic acids is 1. The van der Waals surface area contributed by atoms with Gasteiger partial charge in [-0.3, -0.25) is 4.79 Å². The fraction of sp³-hybridized carbons (Fsp3) is 0.833. The smallest absolute Gasteiger partial charge is 0.223 e. The Labute approximate surface area is 96.0 Å². The highest BCUT2D eigenvalue weighted by molar-refractivity contribution is 5.77. The van der Waals surface area contributed by atoms with Gasteiger partial charge in [0, 0.05) is 6.61 Å². The highest BCUT2D eigenvalue weighted by Crippen LogP contribution is 2.29. The Morgan fingerprint density at radius 1 is 1.44 bits per heavy atom. The molecule has 16 heavy (non-hydrogen) atoms. The van der Waals surface area contributed by atoms with Crippen LogP contribution in [-0.2, 0) is 9.53 Å². The number of nitriles is 1. The third-order valence-electron chi connectivity index (χ3n) is 3.49. The highest BCUT2D eigenvalue weighted by Gasteiger charge is 2.35. The summed E-state index contributed by atoms with van der Waals surface area (Å²) in [7, 11) is 0. The molecule has 2 rings (SSSR count). The Balaban J connectivity index is 1.83. The summed E-state index contributed by atoms with van der Waals surface area (Å²) in [6.45, 7) is 0.765. The Morgan fingerprint density at radius 2 is 2.19 bits per heavy atom. The van der Waals surface area contributed by atoms with E-state index in [1.165, 1.54) is 0 Å². The first-order valence-corrected chi connectivity index (χ1v) is 6.08. The van der Waals surface area contributed by atoms with Crippen LogP contribution in [0.3, 0.4) is 0 Å². The van der Waals surface area contributed by atoms with Crippen molar-refractivity contribution >= 4 is 5.91 Å². The van der Waals surface area contributed by atoms with E-state index in [0.29, 0.717) is 6.42 Å². The maximum Gasteiger partial charge on any atom is 0.223 e. The summed E-state index contributed by atoms with van der Waals surface area (Å²) >= 11 is 0. The van der Waals surface area contributed by atoms with Crippen molar-refractivity contribution in [3.05, 3.63) is 0 Å². The van der Waals surface area contributed by atoms with Crippen molar-refractivity contribution in [2.24, 2.45) is 0 Å². The monoisotopic (exact) mass is 222 g/mol. The number of nitrogens with zero attached hydrogens (tertiary/aromatic N) is 1. The number of carbonyl (C=O) groups is 1. The minimum Gasteiger partial charge on any atom is -0.378 e. The maximum absolute atomic E-state index is 11.8. The predicted octanol–water partition coefficient (Wildman–Crippen LogP) is 1.51. The lowest BCUT2D eigenvalue weighted by Gasteiger charge is -2.22. The van der Waals surface area contributed by atoms with Gasteiger partial charge in [0.1, 0.15) is 5.54 Å². The Hall–Kier alpha value is -1.08. The third kappa shape index (κ3) is 2.53. The topological polar surface area (TPSA) is 62.1 Å². The fourth-order valence-corrected chi connectivity index (χ4v) is 2.57. The van der Waals surface area contributed by atoms with Crippen molar-refractivity contribution in [2.75, 3.05) is 6.61 Å². The molecule has 1 amide bonds. The zero-order valence-corrected chi connectivity index (χ0v) is 9.50. The first-order chi connectivity index (χ1) is 7.74. The van der Waals surface area contributed by atoms with Crippen LogP contribution in [-0.4, -0.2) is 24.2 Å². The molecule has 1 aliphatic heterocycles. The SMILES string of the molecule is N#CC1(NC(=O)CC2CCCO2)CCCC1. The van der Waals surface area contributed by atoms with E-state index in [1.54, 1.807) is 0 Å². The Morgan fingerprint density at radius 3 is 2.75 bits per heavy atom. The molecule has 1 unspecified atom stereocenters. The second-order valence-corrected chi connectivity index (χ2v) is 4.79. The fourth-order valence-electron chi connectivity index (χ4n) is 2.57. The number of amides is 1. The van der Waals surface area contributed by atoms with Crippen molar-refractivity contribution in [3.63, 3.8) is 0 Å². The van der Waals surface area contributed by atoms with E-state index in [4.69, 9.17) is 10.00 Å². The molecule has 0 aromatic carbocycles. The van der Waals surface area contributed by atoms with Crippen LogP contribution < -0.4 is 5.32 Å². The van der Waals surface area contributed by atoms with Crippen LogP contribution in [0.15, 0.2) is 0 Å². The van der Waals surface area contributed by atoms with Gasteiger partial charge in [-0.15, -0.1) is 0 Å². The van der Waals surface area contributed by atoms with Crippen LogP contribution in [0.25, 0.3) is 0 Å². The van der Waals surface area contributed by atoms with Crippen LogP contribution in [0.4, 0.5) is 0 Å². The quantitative estimate of drug-likeness (QED) is 0.787. The van der Waals surface area contributed by atoms with Gasteiger partial charge in [0.25, 0.3) is 0 Å². The summed E-state index contributed by atoms with van der Waals surface area (Å²) in [4.78, 5) is 11.8. The third-order valence-corrected chi connectivity index (χ3v) is 3.49. The van der Waals surface area contributed by atoms with Crippen LogP contribution in [0.1, 0.15) is 44.9 Å². The molecule has 0 spiro atoms. The lowest BCUT2D eigenvalue weighted by Crippen LogP contribution is -2.45. The standard InChI is InChI=1S/C12H18N2O2/c13-9-12(5-1-2-6-12)14-11(15)8-10-4-3-7-16-10/h10H,1-8H2,(H,14,15). The summed E-state index contributed by atoms with van der Waals surface area (Å²) in [5.41, 5.74) is -0.588. The van der Waals surface area contributed by atoms with Crippen molar-refractivity contribution in [2.45, 2.75) is 56.6 Å². The molecule has 88 valence electrons. The van der Waals surface area contributed by atoms with Gasteiger partial charge in [0.05, 0.1) is 18.6 Å². The molecular weight excluding hydrogens is 204 g/mol. The van der Waals surface area contributed by atoms with Gasteiger partial charge in [0.15, 0.2) is 0 Å². The molecule has 4 nitrogen and oxygen atoms in total. The van der Waals surface area contributed by atoms with Gasteiger partial charge in [-0.25, -0.2) is 0 Å². The second kappa shape index (κ2) is 4.84. The molecular formula is C12H18N2O2. The zero-order chi connectivity index (χ0) is 11.4. The number of hydrogen-bond donors (Lipinski definition) is 1. The Kier molecular flexibility index (Phi) is 3.45. The molecule has 1 atom stereocenters. The summed E-state index contributed by atoms with van der Waals surface area (Å²) in [5.74, 6) is -0.0321. The molecule has 0 radical (unpaired) electrons. The van der Waals surface area contributed by atoms with Crippen LogP contribution in [0.5, 0.6) is 0 Å². The summed E-state index contributed by atoms with van der Waals surface area (Å²) in [6.07, 6.45) is 6.14. The van der Waals surface area contributed by atoms with E-state index in [1.807, 2.05) is 0 Å². The van der Waals surface area contributed by atoms with E-state index < -0.39 is 5.54 Å². The summed E-state index contributed by atoms with van der Waals surface area (Å²) < 4.78 is 5.41. The minimum atomic E-state index is -0.588. The molecule has 0 aromatic heterocycles.